The minimum absolute atomic E-state index is 0.211. The quantitative estimate of drug-likeness (QED) is 0.338. The summed E-state index contributed by atoms with van der Waals surface area (Å²) < 4.78 is 19.7. The van der Waals surface area contributed by atoms with E-state index in [2.05, 4.69) is 14.4 Å². The number of rotatable bonds is 10. The number of phosphoric acid groups is 1. The summed E-state index contributed by atoms with van der Waals surface area (Å²) in [4.78, 5) is 18.7. The summed E-state index contributed by atoms with van der Waals surface area (Å²) in [5, 5.41) is 2.56. The van der Waals surface area contributed by atoms with Crippen LogP contribution in [0.2, 0.25) is 0 Å². The maximum absolute atomic E-state index is 10.8. The van der Waals surface area contributed by atoms with Gasteiger partial charge in [-0.2, -0.15) is 0 Å². The molecule has 0 aliphatic carbocycles. The fourth-order valence-electron chi connectivity index (χ4n) is 0.974. The van der Waals surface area contributed by atoms with Gasteiger partial charge in [0.25, 0.3) is 0 Å². The zero-order valence-electron chi connectivity index (χ0n) is 8.85. The molecule has 1 atom stereocenters. The van der Waals surface area contributed by atoms with E-state index in [4.69, 9.17) is 4.89 Å². The van der Waals surface area contributed by atoms with Crippen LogP contribution < -0.4 is 5.32 Å². The molecule has 0 fully saturated rings. The van der Waals surface area contributed by atoms with Gasteiger partial charge in [0.1, 0.15) is 0 Å². The van der Waals surface area contributed by atoms with Crippen molar-refractivity contribution < 1.29 is 23.3 Å². The first kappa shape index (κ1) is 14.6. The Labute approximate surface area is 89.6 Å². The minimum Gasteiger partial charge on any atom is -0.359 e. The SMILES string of the molecule is COP(=O)(O)OCCCCCCNC=O. The third kappa shape index (κ3) is 9.87. The monoisotopic (exact) mass is 239 g/mol. The molecule has 0 aromatic heterocycles. The Morgan fingerprint density at radius 1 is 1.33 bits per heavy atom. The van der Waals surface area contributed by atoms with Crippen molar-refractivity contribution in [2.24, 2.45) is 0 Å². The maximum Gasteiger partial charge on any atom is 0.471 e. The van der Waals surface area contributed by atoms with Crippen LogP contribution in [0.1, 0.15) is 25.7 Å². The predicted molar refractivity (Wildman–Crippen MR) is 55.3 cm³/mol. The molecular weight excluding hydrogens is 221 g/mol. The number of carbonyl (C=O) groups is 1. The summed E-state index contributed by atoms with van der Waals surface area (Å²) >= 11 is 0. The molecule has 6 nitrogen and oxygen atoms in total. The summed E-state index contributed by atoms with van der Waals surface area (Å²) in [5.41, 5.74) is 0. The summed E-state index contributed by atoms with van der Waals surface area (Å²) in [6, 6.07) is 0. The molecule has 90 valence electrons. The van der Waals surface area contributed by atoms with Crippen molar-refractivity contribution in [2.75, 3.05) is 20.3 Å². The number of unbranched alkanes of at least 4 members (excludes halogenated alkanes) is 3. The Balaban J connectivity index is 3.18. The van der Waals surface area contributed by atoms with Crippen LogP contribution in [0.5, 0.6) is 0 Å². The molecule has 0 bridgehead atoms. The van der Waals surface area contributed by atoms with Crippen LogP contribution in [0.25, 0.3) is 0 Å². The van der Waals surface area contributed by atoms with Gasteiger partial charge in [-0.1, -0.05) is 12.8 Å². The third-order valence-electron chi connectivity index (χ3n) is 1.78. The lowest BCUT2D eigenvalue weighted by Gasteiger charge is -2.08. The molecule has 15 heavy (non-hydrogen) atoms. The van der Waals surface area contributed by atoms with Gasteiger partial charge in [0.15, 0.2) is 0 Å². The number of carbonyl (C=O) groups excluding carboxylic acids is 1. The van der Waals surface area contributed by atoms with Crippen molar-refractivity contribution in [1.29, 1.82) is 0 Å². The molecule has 0 saturated heterocycles. The lowest BCUT2D eigenvalue weighted by atomic mass is 10.2. The number of hydrogen-bond donors (Lipinski definition) is 2. The van der Waals surface area contributed by atoms with E-state index in [0.29, 0.717) is 19.4 Å². The second-order valence-electron chi connectivity index (χ2n) is 2.97. The lowest BCUT2D eigenvalue weighted by Crippen LogP contribution is -2.11. The Hall–Kier alpha value is -0.420. The Kier molecular flexibility index (Phi) is 8.61. The summed E-state index contributed by atoms with van der Waals surface area (Å²) in [7, 11) is -2.67. The van der Waals surface area contributed by atoms with E-state index in [1.54, 1.807) is 0 Å². The van der Waals surface area contributed by atoms with Gasteiger partial charge in [0.2, 0.25) is 6.41 Å². The fourth-order valence-corrected chi connectivity index (χ4v) is 1.44. The van der Waals surface area contributed by atoms with Crippen LogP contribution in [-0.2, 0) is 18.4 Å². The number of nitrogens with one attached hydrogen (secondary N) is 1. The highest BCUT2D eigenvalue weighted by molar-refractivity contribution is 7.47. The van der Waals surface area contributed by atoms with Gasteiger partial charge in [0.05, 0.1) is 6.61 Å². The molecule has 0 aromatic rings. The van der Waals surface area contributed by atoms with Crippen LogP contribution in [0.3, 0.4) is 0 Å². The van der Waals surface area contributed by atoms with E-state index < -0.39 is 7.82 Å². The molecule has 0 heterocycles. The van der Waals surface area contributed by atoms with Crippen molar-refractivity contribution in [1.82, 2.24) is 5.32 Å². The molecule has 0 radical (unpaired) electrons. The summed E-state index contributed by atoms with van der Waals surface area (Å²) in [5.74, 6) is 0. The lowest BCUT2D eigenvalue weighted by molar-refractivity contribution is -0.109. The van der Waals surface area contributed by atoms with Crippen LogP contribution >= 0.6 is 7.82 Å². The molecule has 0 rings (SSSR count). The Morgan fingerprint density at radius 3 is 2.60 bits per heavy atom. The van der Waals surface area contributed by atoms with Crippen molar-refractivity contribution in [3.63, 3.8) is 0 Å². The largest absolute Gasteiger partial charge is 0.471 e. The highest BCUT2D eigenvalue weighted by atomic mass is 31.2. The van der Waals surface area contributed by atoms with Gasteiger partial charge in [0, 0.05) is 13.7 Å². The Bertz CT molecular complexity index is 211. The zero-order valence-corrected chi connectivity index (χ0v) is 9.74. The van der Waals surface area contributed by atoms with E-state index in [0.717, 1.165) is 26.4 Å². The van der Waals surface area contributed by atoms with E-state index in [-0.39, 0.29) is 6.61 Å². The van der Waals surface area contributed by atoms with Gasteiger partial charge < -0.3 is 10.2 Å². The van der Waals surface area contributed by atoms with Crippen LogP contribution in [-0.4, -0.2) is 31.6 Å². The highest BCUT2D eigenvalue weighted by Gasteiger charge is 2.16. The van der Waals surface area contributed by atoms with E-state index >= 15 is 0 Å². The standard InChI is InChI=1S/C8H18NO5P/c1-13-15(11,12)14-7-5-3-2-4-6-9-8-10/h8H,2-7H2,1H3,(H,9,10)(H,11,12). The maximum atomic E-state index is 10.8. The molecule has 7 heteroatoms. The second-order valence-corrected chi connectivity index (χ2v) is 4.53. The van der Waals surface area contributed by atoms with Crippen molar-refractivity contribution >= 4 is 14.2 Å². The molecular formula is C8H18NO5P. The van der Waals surface area contributed by atoms with Crippen molar-refractivity contribution in [2.45, 2.75) is 25.7 Å². The van der Waals surface area contributed by atoms with Crippen LogP contribution in [0.4, 0.5) is 0 Å². The zero-order chi connectivity index (χ0) is 11.6. The van der Waals surface area contributed by atoms with Crippen molar-refractivity contribution in [3.05, 3.63) is 0 Å². The number of amides is 1. The van der Waals surface area contributed by atoms with Crippen molar-refractivity contribution in [3.8, 4) is 0 Å². The second kappa shape index (κ2) is 8.85. The van der Waals surface area contributed by atoms with Gasteiger partial charge in [-0.15, -0.1) is 0 Å². The fraction of sp³-hybridized carbons (Fsp3) is 0.875. The molecule has 0 spiro atoms. The molecule has 1 unspecified atom stereocenters. The molecule has 1 amide bonds. The highest BCUT2D eigenvalue weighted by Crippen LogP contribution is 2.41. The first-order valence-electron chi connectivity index (χ1n) is 4.82. The predicted octanol–water partition coefficient (Wildman–Crippen LogP) is 1.06. The van der Waals surface area contributed by atoms with E-state index in [9.17, 15) is 9.36 Å². The van der Waals surface area contributed by atoms with E-state index in [1.165, 1.54) is 0 Å². The van der Waals surface area contributed by atoms with Gasteiger partial charge in [-0.05, 0) is 12.8 Å². The molecule has 0 aromatic carbocycles. The first-order valence-corrected chi connectivity index (χ1v) is 6.32. The molecule has 0 aliphatic rings. The average Bonchev–Trinajstić information content (AvgIpc) is 2.22. The normalized spacial score (nSPS) is 14.5. The third-order valence-corrected chi connectivity index (χ3v) is 2.75. The number of hydrogen-bond acceptors (Lipinski definition) is 4. The van der Waals surface area contributed by atoms with Crippen LogP contribution in [0, 0.1) is 0 Å². The first-order chi connectivity index (χ1) is 7.12. The summed E-state index contributed by atoms with van der Waals surface area (Å²) in [6.07, 6.45) is 4.12. The smallest absolute Gasteiger partial charge is 0.359 e. The van der Waals surface area contributed by atoms with E-state index in [1.807, 2.05) is 0 Å². The molecule has 0 aliphatic heterocycles. The van der Waals surface area contributed by atoms with Gasteiger partial charge in [-0.25, -0.2) is 4.57 Å². The Morgan fingerprint density at radius 2 is 2.00 bits per heavy atom. The topological polar surface area (TPSA) is 84.9 Å². The minimum atomic E-state index is -3.80. The van der Waals surface area contributed by atoms with Crippen LogP contribution in [0.15, 0.2) is 0 Å². The van der Waals surface area contributed by atoms with Gasteiger partial charge >= 0.3 is 7.82 Å². The number of phosphoric ester groups is 1. The summed E-state index contributed by atoms with van der Waals surface area (Å²) in [6.45, 7) is 0.879. The average molecular weight is 239 g/mol. The van der Waals surface area contributed by atoms with Gasteiger partial charge in [-0.3, -0.25) is 13.8 Å². The molecule has 2 N–H and O–H groups in total. The molecule has 0 saturated carbocycles.